The number of likely N-dealkylation sites (tertiary alicyclic amines) is 1. The largest absolute Gasteiger partial charge is 0.487 e. The lowest BCUT2D eigenvalue weighted by atomic mass is 9.96. The molecule has 0 saturated carbocycles. The summed E-state index contributed by atoms with van der Waals surface area (Å²) in [5, 5.41) is 3.76. The quantitative estimate of drug-likeness (QED) is 0.613. The zero-order valence-electron chi connectivity index (χ0n) is 18.7. The van der Waals surface area contributed by atoms with Crippen LogP contribution in [0.15, 0.2) is 42.5 Å². The summed E-state index contributed by atoms with van der Waals surface area (Å²) in [7, 11) is 0. The highest BCUT2D eigenvalue weighted by atomic mass is 19.1. The molecule has 3 aromatic rings. The van der Waals surface area contributed by atoms with Crippen LogP contribution in [-0.4, -0.2) is 41.0 Å². The molecule has 32 heavy (non-hydrogen) atoms. The molecule has 6 heteroatoms. The molecule has 2 aliphatic heterocycles. The number of nitrogens with one attached hydrogen (secondary N) is 2. The molecule has 2 N–H and O–H groups in total. The number of halogens is 1. The van der Waals surface area contributed by atoms with Crippen LogP contribution in [0.3, 0.4) is 0 Å². The molecule has 1 aromatic heterocycles. The number of fused-ring (bicyclic) bond motifs is 2. The van der Waals surface area contributed by atoms with Gasteiger partial charge < -0.3 is 15.0 Å². The van der Waals surface area contributed by atoms with Gasteiger partial charge in [0.25, 0.3) is 5.91 Å². The molecule has 5 rings (SSSR count). The Hall–Kier alpha value is -2.86. The number of carbonyl (C=O) groups excluding carboxylic acids is 1. The van der Waals surface area contributed by atoms with Crippen molar-refractivity contribution in [1.29, 1.82) is 0 Å². The number of aromatic nitrogens is 1. The third-order valence-electron chi connectivity index (χ3n) is 6.65. The maximum Gasteiger partial charge on any atom is 0.267 e. The van der Waals surface area contributed by atoms with E-state index in [-0.39, 0.29) is 17.3 Å². The van der Waals surface area contributed by atoms with E-state index in [2.05, 4.69) is 47.2 Å². The maximum atomic E-state index is 13.4. The molecule has 0 bridgehead atoms. The van der Waals surface area contributed by atoms with Gasteiger partial charge in [-0.05, 0) is 75.5 Å². The zero-order valence-corrected chi connectivity index (χ0v) is 18.7. The number of para-hydroxylation sites is 1. The van der Waals surface area contributed by atoms with Crippen LogP contribution in [-0.2, 0) is 13.0 Å². The smallest absolute Gasteiger partial charge is 0.267 e. The van der Waals surface area contributed by atoms with Gasteiger partial charge in [-0.25, -0.2) is 4.39 Å². The molecule has 0 spiro atoms. The number of nitrogens with zero attached hydrogens (tertiary/aromatic N) is 1. The normalized spacial score (nSPS) is 18.5. The molecular formula is C26H30FN3O2. The van der Waals surface area contributed by atoms with Crippen LogP contribution in [0.2, 0.25) is 0 Å². The van der Waals surface area contributed by atoms with Gasteiger partial charge in [-0.1, -0.05) is 18.2 Å². The van der Waals surface area contributed by atoms with E-state index in [1.54, 1.807) is 12.1 Å². The fourth-order valence-electron chi connectivity index (χ4n) is 4.95. The Balaban J connectivity index is 1.12. The van der Waals surface area contributed by atoms with E-state index in [4.69, 9.17) is 4.74 Å². The molecule has 0 unspecified atom stereocenters. The maximum absolute atomic E-state index is 13.4. The van der Waals surface area contributed by atoms with E-state index < -0.39 is 0 Å². The number of amides is 1. The Morgan fingerprint density at radius 1 is 1.22 bits per heavy atom. The van der Waals surface area contributed by atoms with E-state index in [1.807, 2.05) is 0 Å². The Morgan fingerprint density at radius 3 is 2.84 bits per heavy atom. The summed E-state index contributed by atoms with van der Waals surface area (Å²) in [6.07, 6.45) is 3.07. The number of carbonyl (C=O) groups is 1. The first kappa shape index (κ1) is 21.0. The van der Waals surface area contributed by atoms with Crippen molar-refractivity contribution in [3.63, 3.8) is 0 Å². The summed E-state index contributed by atoms with van der Waals surface area (Å²) in [5.74, 6) is 1.10. The second kappa shape index (κ2) is 8.24. The van der Waals surface area contributed by atoms with Gasteiger partial charge in [0.15, 0.2) is 0 Å². The molecule has 5 nitrogen and oxygen atoms in total. The van der Waals surface area contributed by atoms with Gasteiger partial charge in [0.1, 0.15) is 22.9 Å². The number of benzene rings is 2. The number of hydrogen-bond donors (Lipinski definition) is 2. The topological polar surface area (TPSA) is 57.4 Å². The highest BCUT2D eigenvalue weighted by Gasteiger charge is 2.32. The van der Waals surface area contributed by atoms with Crippen LogP contribution in [0, 0.1) is 11.7 Å². The molecule has 3 heterocycles. The average Bonchev–Trinajstić information content (AvgIpc) is 3.32. The number of piperidine rings is 1. The van der Waals surface area contributed by atoms with Crippen LogP contribution < -0.4 is 10.1 Å². The second-order valence-corrected chi connectivity index (χ2v) is 9.79. The summed E-state index contributed by atoms with van der Waals surface area (Å²) >= 11 is 0. The third-order valence-corrected chi connectivity index (χ3v) is 6.65. The SMILES string of the molecule is CC1(C)Cc2cccc(CN3CCC(CNC(=O)c4cc5cc(F)ccc5[nH]4)CC3)c2O1. The number of ether oxygens (including phenoxy) is 1. The first-order valence-electron chi connectivity index (χ1n) is 11.4. The number of hydrogen-bond acceptors (Lipinski definition) is 3. The predicted octanol–water partition coefficient (Wildman–Crippen LogP) is 4.66. The second-order valence-electron chi connectivity index (χ2n) is 9.79. The minimum atomic E-state index is -0.300. The number of aromatic amines is 1. The first-order valence-corrected chi connectivity index (χ1v) is 11.4. The molecule has 2 aromatic carbocycles. The van der Waals surface area contributed by atoms with Crippen molar-refractivity contribution >= 4 is 16.8 Å². The van der Waals surface area contributed by atoms with Gasteiger partial charge in [-0.15, -0.1) is 0 Å². The number of H-pyrrole nitrogens is 1. The van der Waals surface area contributed by atoms with Crippen molar-refractivity contribution < 1.29 is 13.9 Å². The lowest BCUT2D eigenvalue weighted by Gasteiger charge is -2.32. The van der Waals surface area contributed by atoms with Crippen molar-refractivity contribution in [3.05, 3.63) is 65.1 Å². The van der Waals surface area contributed by atoms with Crippen molar-refractivity contribution in [2.24, 2.45) is 5.92 Å². The summed E-state index contributed by atoms with van der Waals surface area (Å²) < 4.78 is 19.6. The molecule has 1 amide bonds. The Labute approximate surface area is 187 Å². The van der Waals surface area contributed by atoms with E-state index in [1.165, 1.54) is 23.3 Å². The van der Waals surface area contributed by atoms with Crippen molar-refractivity contribution in [1.82, 2.24) is 15.2 Å². The van der Waals surface area contributed by atoms with Crippen LogP contribution in [0.25, 0.3) is 10.9 Å². The molecule has 2 aliphatic rings. The van der Waals surface area contributed by atoms with Crippen molar-refractivity contribution in [3.8, 4) is 5.75 Å². The molecule has 1 saturated heterocycles. The first-order chi connectivity index (χ1) is 15.4. The molecule has 1 fully saturated rings. The Kier molecular flexibility index (Phi) is 5.41. The lowest BCUT2D eigenvalue weighted by molar-refractivity contribution is 0.0930. The van der Waals surface area contributed by atoms with Crippen LogP contribution in [0.4, 0.5) is 4.39 Å². The standard InChI is InChI=1S/C26H30FN3O2/c1-26(2)14-18-4-3-5-19(24(18)32-26)16-30-10-8-17(9-11-30)15-28-25(31)23-13-20-12-21(27)6-7-22(20)29-23/h3-7,12-13,17,29H,8-11,14-16H2,1-2H3,(H,28,31). The molecule has 0 atom stereocenters. The van der Waals surface area contributed by atoms with Gasteiger partial charge in [0.05, 0.1) is 0 Å². The molecule has 0 radical (unpaired) electrons. The highest BCUT2D eigenvalue weighted by molar-refractivity contribution is 5.98. The Morgan fingerprint density at radius 2 is 2.03 bits per heavy atom. The predicted molar refractivity (Wildman–Crippen MR) is 123 cm³/mol. The van der Waals surface area contributed by atoms with Crippen LogP contribution >= 0.6 is 0 Å². The van der Waals surface area contributed by atoms with E-state index in [0.717, 1.165) is 50.2 Å². The van der Waals surface area contributed by atoms with Gasteiger partial charge in [-0.2, -0.15) is 0 Å². The number of rotatable bonds is 5. The summed E-state index contributed by atoms with van der Waals surface area (Å²) in [5.41, 5.74) is 3.70. The van der Waals surface area contributed by atoms with Gasteiger partial charge >= 0.3 is 0 Å². The van der Waals surface area contributed by atoms with E-state index in [0.29, 0.717) is 23.5 Å². The molecule has 0 aliphatic carbocycles. The fourth-order valence-corrected chi connectivity index (χ4v) is 4.95. The highest BCUT2D eigenvalue weighted by Crippen LogP contribution is 2.38. The van der Waals surface area contributed by atoms with Crippen molar-refractivity contribution in [2.75, 3.05) is 19.6 Å². The minimum absolute atomic E-state index is 0.122. The lowest BCUT2D eigenvalue weighted by Crippen LogP contribution is -2.38. The van der Waals surface area contributed by atoms with E-state index in [9.17, 15) is 9.18 Å². The zero-order chi connectivity index (χ0) is 22.3. The van der Waals surface area contributed by atoms with Gasteiger partial charge in [0, 0.05) is 36.0 Å². The van der Waals surface area contributed by atoms with Gasteiger partial charge in [0.2, 0.25) is 0 Å². The summed E-state index contributed by atoms with van der Waals surface area (Å²) in [6.45, 7) is 7.88. The molecular weight excluding hydrogens is 405 g/mol. The van der Waals surface area contributed by atoms with Crippen LogP contribution in [0.1, 0.15) is 48.3 Å². The average molecular weight is 436 g/mol. The summed E-state index contributed by atoms with van der Waals surface area (Å²) in [6, 6.07) is 12.7. The monoisotopic (exact) mass is 435 g/mol. The molecule has 168 valence electrons. The Bertz CT molecular complexity index is 1150. The van der Waals surface area contributed by atoms with Crippen molar-refractivity contribution in [2.45, 2.75) is 45.3 Å². The third kappa shape index (κ3) is 4.37. The fraction of sp³-hybridized carbons (Fsp3) is 0.423. The summed E-state index contributed by atoms with van der Waals surface area (Å²) in [4.78, 5) is 18.1. The van der Waals surface area contributed by atoms with E-state index >= 15 is 0 Å². The van der Waals surface area contributed by atoms with Crippen LogP contribution in [0.5, 0.6) is 5.75 Å². The minimum Gasteiger partial charge on any atom is -0.487 e. The van der Waals surface area contributed by atoms with Gasteiger partial charge in [-0.3, -0.25) is 9.69 Å².